The third kappa shape index (κ3) is 2.75. The molecule has 0 saturated carbocycles. The van der Waals surface area contributed by atoms with Gasteiger partial charge in [-0.25, -0.2) is 4.98 Å². The molecule has 0 bridgehead atoms. The van der Waals surface area contributed by atoms with Crippen LogP contribution in [0.2, 0.25) is 0 Å². The second-order valence-corrected chi connectivity index (χ2v) is 4.59. The first-order chi connectivity index (χ1) is 8.08. The minimum atomic E-state index is -0.179. The normalized spacial score (nSPS) is 11.2. The fourth-order valence-corrected chi connectivity index (χ4v) is 1.76. The van der Waals surface area contributed by atoms with Crippen molar-refractivity contribution >= 4 is 11.5 Å². The maximum atomic E-state index is 5.74. The second kappa shape index (κ2) is 4.45. The first-order valence-corrected chi connectivity index (χ1v) is 5.63. The van der Waals surface area contributed by atoms with E-state index < -0.39 is 0 Å². The van der Waals surface area contributed by atoms with Gasteiger partial charge in [0.05, 0.1) is 5.54 Å². The van der Waals surface area contributed by atoms with Crippen LogP contribution in [0.25, 0.3) is 0 Å². The van der Waals surface area contributed by atoms with E-state index in [1.165, 1.54) is 5.56 Å². The maximum Gasteiger partial charge on any atom is 0.128 e. The molecule has 2 rings (SSSR count). The molecular weight excluding hydrogens is 210 g/mol. The van der Waals surface area contributed by atoms with E-state index in [1.807, 2.05) is 24.3 Å². The van der Waals surface area contributed by atoms with Gasteiger partial charge >= 0.3 is 0 Å². The number of hydrogen-bond acceptors (Lipinski definition) is 3. The summed E-state index contributed by atoms with van der Waals surface area (Å²) in [5, 5.41) is 3.38. The van der Waals surface area contributed by atoms with Crippen LogP contribution in [0.1, 0.15) is 19.4 Å². The summed E-state index contributed by atoms with van der Waals surface area (Å²) in [6, 6.07) is 13.9. The molecule has 1 aromatic heterocycles. The first-order valence-electron chi connectivity index (χ1n) is 5.63. The lowest BCUT2D eigenvalue weighted by atomic mass is 9.94. The summed E-state index contributed by atoms with van der Waals surface area (Å²) in [5.41, 5.74) is 7.48. The smallest absolute Gasteiger partial charge is 0.128 e. The fraction of sp³-hybridized carbons (Fsp3) is 0.214. The molecule has 2 aromatic rings. The van der Waals surface area contributed by atoms with Crippen LogP contribution >= 0.6 is 0 Å². The molecule has 3 nitrogen and oxygen atoms in total. The summed E-state index contributed by atoms with van der Waals surface area (Å²) in [4.78, 5) is 4.26. The van der Waals surface area contributed by atoms with Crippen LogP contribution in [0.3, 0.4) is 0 Å². The highest BCUT2D eigenvalue weighted by Gasteiger charge is 2.20. The molecule has 0 aliphatic heterocycles. The topological polar surface area (TPSA) is 50.9 Å². The van der Waals surface area contributed by atoms with Gasteiger partial charge in [0.2, 0.25) is 0 Å². The highest BCUT2D eigenvalue weighted by molar-refractivity contribution is 5.50. The molecule has 88 valence electrons. The van der Waals surface area contributed by atoms with E-state index in [4.69, 9.17) is 5.73 Å². The Morgan fingerprint density at radius 3 is 2.47 bits per heavy atom. The number of nitrogens with zero attached hydrogens (tertiary/aromatic N) is 1. The summed E-state index contributed by atoms with van der Waals surface area (Å²) in [7, 11) is 0. The quantitative estimate of drug-likeness (QED) is 0.847. The molecule has 0 atom stereocenters. The summed E-state index contributed by atoms with van der Waals surface area (Å²) in [6.07, 6.45) is 1.71. The van der Waals surface area contributed by atoms with Gasteiger partial charge in [-0.15, -0.1) is 0 Å². The number of pyridine rings is 1. The van der Waals surface area contributed by atoms with Gasteiger partial charge in [-0.1, -0.05) is 30.3 Å². The average molecular weight is 227 g/mol. The van der Waals surface area contributed by atoms with Crippen LogP contribution in [0.15, 0.2) is 48.7 Å². The van der Waals surface area contributed by atoms with Gasteiger partial charge in [0, 0.05) is 18.0 Å². The lowest BCUT2D eigenvalue weighted by Crippen LogP contribution is -2.28. The van der Waals surface area contributed by atoms with E-state index in [-0.39, 0.29) is 5.54 Å². The number of nitrogens with two attached hydrogens (primary N) is 1. The Bertz CT molecular complexity index is 492. The van der Waals surface area contributed by atoms with Crippen molar-refractivity contribution in [2.24, 2.45) is 0 Å². The molecule has 0 aliphatic carbocycles. The third-order valence-electron chi connectivity index (χ3n) is 2.72. The van der Waals surface area contributed by atoms with Crippen molar-refractivity contribution in [1.29, 1.82) is 0 Å². The van der Waals surface area contributed by atoms with Gasteiger partial charge in [-0.05, 0) is 25.5 Å². The van der Waals surface area contributed by atoms with Crippen molar-refractivity contribution in [2.75, 3.05) is 11.1 Å². The number of hydrogen-bond donors (Lipinski definition) is 2. The number of nitrogens with one attached hydrogen (secondary N) is 1. The van der Waals surface area contributed by atoms with E-state index in [9.17, 15) is 0 Å². The molecule has 17 heavy (non-hydrogen) atoms. The van der Waals surface area contributed by atoms with Gasteiger partial charge in [0.1, 0.15) is 5.82 Å². The van der Waals surface area contributed by atoms with Crippen LogP contribution in [-0.4, -0.2) is 4.98 Å². The highest BCUT2D eigenvalue weighted by Crippen LogP contribution is 2.24. The van der Waals surface area contributed by atoms with Gasteiger partial charge in [0.15, 0.2) is 0 Å². The Morgan fingerprint density at radius 2 is 1.82 bits per heavy atom. The Morgan fingerprint density at radius 1 is 1.12 bits per heavy atom. The number of nitrogen functional groups attached to an aromatic ring is 1. The molecule has 3 N–H and O–H groups in total. The SMILES string of the molecule is CC(C)(Nc1cc(N)ccn1)c1ccccc1. The number of aromatic nitrogens is 1. The first kappa shape index (κ1) is 11.5. The van der Waals surface area contributed by atoms with Crippen molar-refractivity contribution in [2.45, 2.75) is 19.4 Å². The van der Waals surface area contributed by atoms with Gasteiger partial charge in [-0.2, -0.15) is 0 Å². The molecular formula is C14H17N3. The third-order valence-corrected chi connectivity index (χ3v) is 2.72. The Balaban J connectivity index is 2.23. The van der Waals surface area contributed by atoms with Crippen LogP contribution in [0, 0.1) is 0 Å². The van der Waals surface area contributed by atoms with E-state index in [2.05, 4.69) is 36.3 Å². The van der Waals surface area contributed by atoms with Crippen molar-refractivity contribution < 1.29 is 0 Å². The van der Waals surface area contributed by atoms with Crippen molar-refractivity contribution in [3.05, 3.63) is 54.2 Å². The van der Waals surface area contributed by atoms with E-state index in [0.717, 1.165) is 5.82 Å². The van der Waals surface area contributed by atoms with Crippen molar-refractivity contribution in [1.82, 2.24) is 4.98 Å². The molecule has 3 heteroatoms. The minimum Gasteiger partial charge on any atom is -0.399 e. The standard InChI is InChI=1S/C14H17N3/c1-14(2,11-6-4-3-5-7-11)17-13-10-12(15)8-9-16-13/h3-10H,1-2H3,(H3,15,16,17). The van der Waals surface area contributed by atoms with Crippen LogP contribution in [-0.2, 0) is 5.54 Å². The molecule has 0 aliphatic rings. The molecule has 0 spiro atoms. The molecule has 0 amide bonds. The summed E-state index contributed by atoms with van der Waals surface area (Å²) < 4.78 is 0. The predicted octanol–water partition coefficient (Wildman–Crippen LogP) is 3.01. The van der Waals surface area contributed by atoms with Crippen LogP contribution in [0.4, 0.5) is 11.5 Å². The lowest BCUT2D eigenvalue weighted by Gasteiger charge is -2.27. The fourth-order valence-electron chi connectivity index (χ4n) is 1.76. The van der Waals surface area contributed by atoms with Gasteiger partial charge < -0.3 is 11.1 Å². The number of rotatable bonds is 3. The second-order valence-electron chi connectivity index (χ2n) is 4.59. The molecule has 1 heterocycles. The van der Waals surface area contributed by atoms with Gasteiger partial charge in [-0.3, -0.25) is 0 Å². The Kier molecular flexibility index (Phi) is 3.00. The van der Waals surface area contributed by atoms with Gasteiger partial charge in [0.25, 0.3) is 0 Å². The molecule has 0 saturated heterocycles. The summed E-state index contributed by atoms with van der Waals surface area (Å²) in [5.74, 6) is 0.791. The Labute approximate surface area is 102 Å². The number of anilines is 2. The monoisotopic (exact) mass is 227 g/mol. The highest BCUT2D eigenvalue weighted by atomic mass is 15.0. The summed E-state index contributed by atoms with van der Waals surface area (Å²) >= 11 is 0. The van der Waals surface area contributed by atoms with E-state index >= 15 is 0 Å². The van der Waals surface area contributed by atoms with Crippen LogP contribution in [0.5, 0.6) is 0 Å². The zero-order chi connectivity index (χ0) is 12.3. The lowest BCUT2D eigenvalue weighted by molar-refractivity contribution is 0.606. The predicted molar refractivity (Wildman–Crippen MR) is 71.7 cm³/mol. The number of benzene rings is 1. The maximum absolute atomic E-state index is 5.74. The molecule has 0 unspecified atom stereocenters. The summed E-state index contributed by atoms with van der Waals surface area (Å²) in [6.45, 7) is 4.24. The Hall–Kier alpha value is -2.03. The molecule has 1 aromatic carbocycles. The van der Waals surface area contributed by atoms with Crippen molar-refractivity contribution in [3.8, 4) is 0 Å². The average Bonchev–Trinajstić information content (AvgIpc) is 2.29. The van der Waals surface area contributed by atoms with Crippen LogP contribution < -0.4 is 11.1 Å². The van der Waals surface area contributed by atoms with E-state index in [0.29, 0.717) is 5.69 Å². The zero-order valence-corrected chi connectivity index (χ0v) is 10.1. The minimum absolute atomic E-state index is 0.179. The van der Waals surface area contributed by atoms with E-state index in [1.54, 1.807) is 12.3 Å². The van der Waals surface area contributed by atoms with Crippen molar-refractivity contribution in [3.63, 3.8) is 0 Å². The zero-order valence-electron chi connectivity index (χ0n) is 10.1. The largest absolute Gasteiger partial charge is 0.399 e. The molecule has 0 radical (unpaired) electrons. The molecule has 0 fully saturated rings.